The molecule has 12 atom stereocenters. The summed E-state index contributed by atoms with van der Waals surface area (Å²) < 4.78 is 18.6. The largest absolute Gasteiger partial charge is 0.460 e. The molecule has 7 heteroatoms. The number of fused-ring (bicyclic) bond motifs is 6. The molecule has 1 N–H and O–H groups in total. The number of aliphatic hydroxyl groups is 1. The number of rotatable bonds is 6. The van der Waals surface area contributed by atoms with Crippen LogP contribution in [0.15, 0.2) is 0 Å². The number of epoxide rings is 1. The number of carbonyl (C=O) groups excluding carboxylic acids is 3. The Morgan fingerprint density at radius 3 is 2.33 bits per heavy atom. The zero-order chi connectivity index (χ0) is 29.6. The van der Waals surface area contributed by atoms with Crippen molar-refractivity contribution >= 4 is 17.7 Å². The number of carbonyl (C=O) groups is 3. The van der Waals surface area contributed by atoms with Crippen molar-refractivity contribution in [2.24, 2.45) is 46.3 Å². The summed E-state index contributed by atoms with van der Waals surface area (Å²) in [6.45, 7) is 17.5. The number of ketones is 1. The molecule has 5 rings (SSSR count). The lowest BCUT2D eigenvalue weighted by Crippen LogP contribution is -2.58. The van der Waals surface area contributed by atoms with E-state index >= 15 is 0 Å². The summed E-state index contributed by atoms with van der Waals surface area (Å²) in [6.07, 6.45) is 6.11. The van der Waals surface area contributed by atoms with Crippen LogP contribution in [0.2, 0.25) is 0 Å². The minimum absolute atomic E-state index is 0.138. The summed E-state index contributed by atoms with van der Waals surface area (Å²) in [5.41, 5.74) is -2.47. The monoisotopic (exact) mass is 560 g/mol. The van der Waals surface area contributed by atoms with Crippen LogP contribution in [-0.4, -0.2) is 51.8 Å². The summed E-state index contributed by atoms with van der Waals surface area (Å²) in [5.74, 6) is 1.25. The van der Waals surface area contributed by atoms with Crippen molar-refractivity contribution in [2.75, 3.05) is 0 Å². The van der Waals surface area contributed by atoms with Gasteiger partial charge in [0.1, 0.15) is 28.7 Å². The van der Waals surface area contributed by atoms with Gasteiger partial charge in [0, 0.05) is 43.9 Å². The summed E-state index contributed by atoms with van der Waals surface area (Å²) >= 11 is 0. The second kappa shape index (κ2) is 9.52. The number of ether oxygens (including phenoxy) is 3. The van der Waals surface area contributed by atoms with Crippen LogP contribution in [0, 0.1) is 46.3 Å². The molecule has 4 aliphatic carbocycles. The molecule has 0 bridgehead atoms. The molecule has 0 aromatic heterocycles. The third kappa shape index (κ3) is 4.06. The van der Waals surface area contributed by atoms with Crippen molar-refractivity contribution in [3.63, 3.8) is 0 Å². The Morgan fingerprint density at radius 2 is 1.70 bits per heavy atom. The quantitative estimate of drug-likeness (QED) is 0.331. The van der Waals surface area contributed by atoms with E-state index in [-0.39, 0.29) is 34.6 Å². The summed E-state index contributed by atoms with van der Waals surface area (Å²) in [7, 11) is 0. The smallest absolute Gasteiger partial charge is 0.303 e. The van der Waals surface area contributed by atoms with E-state index in [1.807, 2.05) is 34.6 Å². The number of Topliss-reactive ketones (excluding diaryl/α,β-unsaturated/α-hetero) is 1. The van der Waals surface area contributed by atoms with Gasteiger partial charge in [0.25, 0.3) is 0 Å². The van der Waals surface area contributed by atoms with Crippen molar-refractivity contribution in [1.82, 2.24) is 0 Å². The first-order valence-corrected chi connectivity index (χ1v) is 15.7. The highest BCUT2D eigenvalue weighted by Crippen LogP contribution is 2.76. The van der Waals surface area contributed by atoms with Gasteiger partial charge in [-0.1, -0.05) is 27.7 Å². The highest BCUT2D eigenvalue weighted by atomic mass is 16.7. The highest BCUT2D eigenvalue weighted by Gasteiger charge is 2.86. The predicted octanol–water partition coefficient (Wildman–Crippen LogP) is 5.64. The molecule has 0 amide bonds. The van der Waals surface area contributed by atoms with Crippen molar-refractivity contribution in [3.05, 3.63) is 0 Å². The van der Waals surface area contributed by atoms with Crippen LogP contribution in [-0.2, 0) is 28.6 Å². The van der Waals surface area contributed by atoms with Gasteiger partial charge in [-0.3, -0.25) is 14.4 Å². The van der Waals surface area contributed by atoms with E-state index < -0.39 is 29.0 Å². The van der Waals surface area contributed by atoms with Gasteiger partial charge in [-0.05, 0) is 88.4 Å². The SMILES string of the molecule is CC(=O)OC(C(C)C(C)C(C)(C)OC(C)=O)C1(C)OC12C(O)CC1C3CCC4CC(=O)CCC4(C)C3CCC12C. The van der Waals surface area contributed by atoms with Crippen molar-refractivity contribution in [3.8, 4) is 0 Å². The molecule has 1 spiro atoms. The molecule has 1 aliphatic heterocycles. The zero-order valence-electron chi connectivity index (χ0n) is 26.2. The Bertz CT molecular complexity index is 1070. The second-order valence-electron chi connectivity index (χ2n) is 15.4. The molecule has 12 unspecified atom stereocenters. The standard InChI is InChI=1S/C33H52O7/c1-18(19(2)29(5,6)39-21(4)35)28(38-20(3)34)32(9)33(40-32)27(37)17-26-24-11-10-22-16-23(36)12-14-30(22,7)25(24)13-15-31(26,33)8/h18-19,22,24-28,37H,10-17H2,1-9H3. The first kappa shape index (κ1) is 30.0. The fraction of sp³-hybridized carbons (Fsp3) is 0.909. The Balaban J connectivity index is 1.45. The van der Waals surface area contributed by atoms with Crippen molar-refractivity contribution < 1.29 is 33.7 Å². The fourth-order valence-corrected chi connectivity index (χ4v) is 11.0. The predicted molar refractivity (Wildman–Crippen MR) is 150 cm³/mol. The van der Waals surface area contributed by atoms with Crippen LogP contribution in [0.25, 0.3) is 0 Å². The van der Waals surface area contributed by atoms with Gasteiger partial charge in [-0.25, -0.2) is 0 Å². The van der Waals surface area contributed by atoms with E-state index in [9.17, 15) is 19.5 Å². The van der Waals surface area contributed by atoms with Gasteiger partial charge in [-0.15, -0.1) is 0 Å². The highest BCUT2D eigenvalue weighted by molar-refractivity contribution is 5.79. The maximum Gasteiger partial charge on any atom is 0.303 e. The van der Waals surface area contributed by atoms with E-state index in [0.29, 0.717) is 42.3 Å². The van der Waals surface area contributed by atoms with E-state index in [4.69, 9.17) is 14.2 Å². The zero-order valence-corrected chi connectivity index (χ0v) is 26.2. The lowest BCUT2D eigenvalue weighted by molar-refractivity contribution is -0.169. The number of aliphatic hydroxyl groups excluding tert-OH is 1. The lowest BCUT2D eigenvalue weighted by atomic mass is 9.44. The Labute approximate surface area is 240 Å². The Morgan fingerprint density at radius 1 is 1.02 bits per heavy atom. The van der Waals surface area contributed by atoms with Gasteiger partial charge in [0.15, 0.2) is 0 Å². The molecule has 5 fully saturated rings. The lowest BCUT2D eigenvalue weighted by Gasteiger charge is -2.60. The van der Waals surface area contributed by atoms with Crippen molar-refractivity contribution in [1.29, 1.82) is 0 Å². The second-order valence-corrected chi connectivity index (χ2v) is 15.4. The number of hydrogen-bond donors (Lipinski definition) is 1. The molecule has 226 valence electrons. The van der Waals surface area contributed by atoms with Crippen LogP contribution >= 0.6 is 0 Å². The molecule has 0 aromatic carbocycles. The topological polar surface area (TPSA) is 102 Å². The van der Waals surface area contributed by atoms with E-state index in [1.54, 1.807) is 0 Å². The van der Waals surface area contributed by atoms with E-state index in [1.165, 1.54) is 13.8 Å². The summed E-state index contributed by atoms with van der Waals surface area (Å²) in [6, 6.07) is 0. The maximum atomic E-state index is 12.5. The van der Waals surface area contributed by atoms with Crippen LogP contribution in [0.5, 0.6) is 0 Å². The third-order valence-electron chi connectivity index (χ3n) is 13.3. The Kier molecular flexibility index (Phi) is 7.14. The van der Waals surface area contributed by atoms with Gasteiger partial charge < -0.3 is 19.3 Å². The Hall–Kier alpha value is -1.47. The maximum absolute atomic E-state index is 12.5. The fourth-order valence-electron chi connectivity index (χ4n) is 11.0. The normalized spacial score (nSPS) is 46.5. The van der Waals surface area contributed by atoms with Gasteiger partial charge >= 0.3 is 11.9 Å². The van der Waals surface area contributed by atoms with Gasteiger partial charge in [0.2, 0.25) is 0 Å². The molecule has 40 heavy (non-hydrogen) atoms. The average Bonchev–Trinajstić information content (AvgIpc) is 3.44. The third-order valence-corrected chi connectivity index (χ3v) is 13.3. The molecule has 4 saturated carbocycles. The minimum Gasteiger partial charge on any atom is -0.460 e. The summed E-state index contributed by atoms with van der Waals surface area (Å²) in [5, 5.41) is 11.9. The first-order valence-electron chi connectivity index (χ1n) is 15.7. The van der Waals surface area contributed by atoms with Crippen LogP contribution in [0.1, 0.15) is 114 Å². The summed E-state index contributed by atoms with van der Waals surface area (Å²) in [4.78, 5) is 36.6. The molecule has 7 nitrogen and oxygen atoms in total. The van der Waals surface area contributed by atoms with Gasteiger partial charge in [0.05, 0.1) is 6.10 Å². The van der Waals surface area contributed by atoms with Crippen LogP contribution in [0.3, 0.4) is 0 Å². The van der Waals surface area contributed by atoms with Gasteiger partial charge in [-0.2, -0.15) is 0 Å². The molecular formula is C33H52O7. The van der Waals surface area contributed by atoms with Crippen LogP contribution in [0.4, 0.5) is 0 Å². The van der Waals surface area contributed by atoms with Crippen LogP contribution < -0.4 is 0 Å². The van der Waals surface area contributed by atoms with E-state index in [0.717, 1.165) is 38.5 Å². The average molecular weight is 561 g/mol. The first-order chi connectivity index (χ1) is 18.4. The van der Waals surface area contributed by atoms with E-state index in [2.05, 4.69) is 13.8 Å². The van der Waals surface area contributed by atoms with Crippen molar-refractivity contribution in [2.45, 2.75) is 143 Å². The molecule has 1 heterocycles. The molecule has 0 aromatic rings. The molecular weight excluding hydrogens is 508 g/mol. The number of hydrogen-bond acceptors (Lipinski definition) is 7. The minimum atomic E-state index is -0.854. The molecule has 1 saturated heterocycles. The molecule has 0 radical (unpaired) electrons. The molecule has 5 aliphatic rings. The number of esters is 2.